The van der Waals surface area contributed by atoms with Crippen molar-refractivity contribution in [1.29, 1.82) is 0 Å². The van der Waals surface area contributed by atoms with Gasteiger partial charge in [-0.15, -0.1) is 0 Å². The van der Waals surface area contributed by atoms with E-state index in [1.54, 1.807) is 6.20 Å². The smallest absolute Gasteiger partial charge is 0.317 e. The first-order valence-electron chi connectivity index (χ1n) is 6.56. The highest BCUT2D eigenvalue weighted by Crippen LogP contribution is 2.30. The molecule has 2 rings (SSSR count). The molecule has 1 aliphatic rings. The molecule has 1 fully saturated rings. The number of carboxylic acids is 1. The molecule has 1 N–H and O–H groups in total. The Labute approximate surface area is 108 Å². The maximum absolute atomic E-state index is 11.0. The fourth-order valence-corrected chi connectivity index (χ4v) is 2.79. The molecule has 0 radical (unpaired) electrons. The molecule has 1 saturated carbocycles. The average molecular weight is 248 g/mol. The van der Waals surface area contributed by atoms with Crippen molar-refractivity contribution in [1.82, 2.24) is 9.88 Å². The molecule has 1 aromatic heterocycles. The Morgan fingerprint density at radius 1 is 1.56 bits per heavy atom. The lowest BCUT2D eigenvalue weighted by Crippen LogP contribution is -2.39. The number of nitrogens with zero attached hydrogens (tertiary/aromatic N) is 2. The number of carboxylic acid groups (broad SMARTS) is 1. The summed E-state index contributed by atoms with van der Waals surface area (Å²) in [5.41, 5.74) is 1.09. The van der Waals surface area contributed by atoms with Crippen LogP contribution in [0.1, 0.15) is 44.2 Å². The quantitative estimate of drug-likeness (QED) is 0.869. The maximum Gasteiger partial charge on any atom is 0.317 e. The van der Waals surface area contributed by atoms with E-state index in [1.807, 2.05) is 18.3 Å². The molecule has 0 bridgehead atoms. The summed E-state index contributed by atoms with van der Waals surface area (Å²) in [5, 5.41) is 9.08. The molecule has 1 heterocycles. The average Bonchev–Trinajstić information content (AvgIpc) is 2.89. The molecule has 0 spiro atoms. The van der Waals surface area contributed by atoms with E-state index in [-0.39, 0.29) is 12.6 Å². The Balaban J connectivity index is 2.14. The summed E-state index contributed by atoms with van der Waals surface area (Å²) in [6.45, 7) is 2.18. The fourth-order valence-electron chi connectivity index (χ4n) is 2.79. The first-order chi connectivity index (χ1) is 8.68. The predicted octanol–water partition coefficient (Wildman–Crippen LogP) is 2.47. The highest BCUT2D eigenvalue weighted by molar-refractivity contribution is 5.69. The zero-order chi connectivity index (χ0) is 13.0. The topological polar surface area (TPSA) is 53.4 Å². The monoisotopic (exact) mass is 248 g/mol. The van der Waals surface area contributed by atoms with Crippen LogP contribution in [0.4, 0.5) is 0 Å². The van der Waals surface area contributed by atoms with Crippen LogP contribution in [0.2, 0.25) is 0 Å². The Bertz CT molecular complexity index is 388. The van der Waals surface area contributed by atoms with Gasteiger partial charge in [0.15, 0.2) is 0 Å². The van der Waals surface area contributed by atoms with E-state index in [0.717, 1.165) is 18.4 Å². The van der Waals surface area contributed by atoms with Crippen molar-refractivity contribution in [3.8, 4) is 0 Å². The molecule has 4 nitrogen and oxygen atoms in total. The van der Waals surface area contributed by atoms with Crippen molar-refractivity contribution in [2.24, 2.45) is 0 Å². The normalized spacial score (nSPS) is 18.1. The summed E-state index contributed by atoms with van der Waals surface area (Å²) in [6, 6.07) is 4.43. The second-order valence-electron chi connectivity index (χ2n) is 4.97. The Morgan fingerprint density at radius 3 is 2.83 bits per heavy atom. The van der Waals surface area contributed by atoms with Crippen LogP contribution in [0, 0.1) is 0 Å². The van der Waals surface area contributed by atoms with E-state index in [9.17, 15) is 4.79 Å². The van der Waals surface area contributed by atoms with Crippen LogP contribution in [0.3, 0.4) is 0 Å². The van der Waals surface area contributed by atoms with Crippen molar-refractivity contribution >= 4 is 5.97 Å². The van der Waals surface area contributed by atoms with Gasteiger partial charge in [0, 0.05) is 24.5 Å². The molecule has 4 heteroatoms. The predicted molar refractivity (Wildman–Crippen MR) is 69.2 cm³/mol. The molecule has 0 saturated heterocycles. The van der Waals surface area contributed by atoms with Gasteiger partial charge in [0.05, 0.1) is 6.54 Å². The molecule has 0 amide bonds. The lowest BCUT2D eigenvalue weighted by molar-refractivity contribution is -0.139. The molecule has 18 heavy (non-hydrogen) atoms. The van der Waals surface area contributed by atoms with Crippen molar-refractivity contribution in [3.63, 3.8) is 0 Å². The first-order valence-corrected chi connectivity index (χ1v) is 6.56. The number of rotatable bonds is 5. The molecule has 1 unspecified atom stereocenters. The van der Waals surface area contributed by atoms with Gasteiger partial charge in [0.25, 0.3) is 0 Å². The maximum atomic E-state index is 11.0. The lowest BCUT2D eigenvalue weighted by Gasteiger charge is -2.33. The van der Waals surface area contributed by atoms with Gasteiger partial charge in [0.2, 0.25) is 0 Å². The number of aliphatic carboxylic acids is 1. The summed E-state index contributed by atoms with van der Waals surface area (Å²) in [7, 11) is 0. The van der Waals surface area contributed by atoms with Gasteiger partial charge in [-0.25, -0.2) is 0 Å². The summed E-state index contributed by atoms with van der Waals surface area (Å²) < 4.78 is 0. The van der Waals surface area contributed by atoms with Gasteiger partial charge >= 0.3 is 5.97 Å². The zero-order valence-electron chi connectivity index (χ0n) is 10.7. The van der Waals surface area contributed by atoms with E-state index < -0.39 is 5.97 Å². The van der Waals surface area contributed by atoms with E-state index in [1.165, 1.54) is 12.8 Å². The number of hydrogen-bond donors (Lipinski definition) is 1. The van der Waals surface area contributed by atoms with Crippen LogP contribution in [-0.2, 0) is 4.79 Å². The Morgan fingerprint density at radius 2 is 2.28 bits per heavy atom. The molecule has 1 aromatic rings. The van der Waals surface area contributed by atoms with E-state index in [0.29, 0.717) is 6.04 Å². The van der Waals surface area contributed by atoms with Gasteiger partial charge in [-0.2, -0.15) is 0 Å². The van der Waals surface area contributed by atoms with E-state index in [2.05, 4.69) is 16.8 Å². The minimum atomic E-state index is -0.752. The van der Waals surface area contributed by atoms with Gasteiger partial charge in [0.1, 0.15) is 0 Å². The third kappa shape index (κ3) is 3.07. The van der Waals surface area contributed by atoms with Crippen LogP contribution < -0.4 is 0 Å². The van der Waals surface area contributed by atoms with Crippen molar-refractivity contribution in [3.05, 3.63) is 30.1 Å². The molecular weight excluding hydrogens is 228 g/mol. The highest BCUT2D eigenvalue weighted by Gasteiger charge is 2.28. The molecule has 0 aromatic carbocycles. The van der Waals surface area contributed by atoms with Gasteiger partial charge < -0.3 is 5.11 Å². The first kappa shape index (κ1) is 13.0. The van der Waals surface area contributed by atoms with E-state index in [4.69, 9.17) is 5.11 Å². The zero-order valence-corrected chi connectivity index (χ0v) is 10.7. The summed E-state index contributed by atoms with van der Waals surface area (Å²) >= 11 is 0. The highest BCUT2D eigenvalue weighted by atomic mass is 16.4. The second-order valence-corrected chi connectivity index (χ2v) is 4.97. The third-order valence-electron chi connectivity index (χ3n) is 3.78. The molecule has 98 valence electrons. The van der Waals surface area contributed by atoms with Crippen LogP contribution in [0.5, 0.6) is 0 Å². The van der Waals surface area contributed by atoms with Crippen molar-refractivity contribution < 1.29 is 9.90 Å². The number of aromatic nitrogens is 1. The second kappa shape index (κ2) is 5.96. The minimum Gasteiger partial charge on any atom is -0.480 e. The summed E-state index contributed by atoms with van der Waals surface area (Å²) in [6.07, 6.45) is 8.21. The van der Waals surface area contributed by atoms with Crippen molar-refractivity contribution in [2.75, 3.05) is 6.54 Å². The molecule has 1 aliphatic carbocycles. The van der Waals surface area contributed by atoms with Gasteiger partial charge in [-0.05, 0) is 31.4 Å². The number of carbonyl (C=O) groups is 1. The molecule has 1 atom stereocenters. The van der Waals surface area contributed by atoms with Crippen LogP contribution >= 0.6 is 0 Å². The molecular formula is C14H20N2O2. The number of pyridine rings is 1. The lowest BCUT2D eigenvalue weighted by atomic mass is 10.1. The largest absolute Gasteiger partial charge is 0.480 e. The summed E-state index contributed by atoms with van der Waals surface area (Å²) in [4.78, 5) is 17.3. The van der Waals surface area contributed by atoms with Crippen molar-refractivity contribution in [2.45, 2.75) is 44.7 Å². The SMILES string of the molecule is CC(c1cccnc1)N(CC(=O)O)C1CCCC1. The van der Waals surface area contributed by atoms with Gasteiger partial charge in [-0.3, -0.25) is 14.7 Å². The van der Waals surface area contributed by atoms with Crippen LogP contribution in [0.15, 0.2) is 24.5 Å². The fraction of sp³-hybridized carbons (Fsp3) is 0.571. The summed E-state index contributed by atoms with van der Waals surface area (Å²) in [5.74, 6) is -0.752. The van der Waals surface area contributed by atoms with Crippen LogP contribution in [0.25, 0.3) is 0 Å². The molecule has 0 aliphatic heterocycles. The van der Waals surface area contributed by atoms with Gasteiger partial charge in [-0.1, -0.05) is 18.9 Å². The Hall–Kier alpha value is -1.42. The third-order valence-corrected chi connectivity index (χ3v) is 3.78. The minimum absolute atomic E-state index is 0.109. The van der Waals surface area contributed by atoms with Crippen LogP contribution in [-0.4, -0.2) is 33.5 Å². The number of hydrogen-bond acceptors (Lipinski definition) is 3. The van der Waals surface area contributed by atoms with E-state index >= 15 is 0 Å². The standard InChI is InChI=1S/C14H20N2O2/c1-11(12-5-4-8-15-9-12)16(10-14(17)18)13-6-2-3-7-13/h4-5,8-9,11,13H,2-3,6-7,10H2,1H3,(H,17,18). The Kier molecular flexibility index (Phi) is 4.31.